The summed E-state index contributed by atoms with van der Waals surface area (Å²) in [6, 6.07) is 16.1. The molecule has 3 aromatic rings. The van der Waals surface area contributed by atoms with Crippen molar-refractivity contribution in [2.45, 2.75) is 20.3 Å². The van der Waals surface area contributed by atoms with Gasteiger partial charge in [-0.3, -0.25) is 0 Å². The fourth-order valence-electron chi connectivity index (χ4n) is 3.06. The first-order valence-corrected chi connectivity index (χ1v) is 9.25. The van der Waals surface area contributed by atoms with Gasteiger partial charge >= 0.3 is 5.97 Å². The summed E-state index contributed by atoms with van der Waals surface area (Å²) in [5.41, 5.74) is 4.57. The summed E-state index contributed by atoms with van der Waals surface area (Å²) in [5.74, 6) is -0.369. The third-order valence-electron chi connectivity index (χ3n) is 4.68. The second-order valence-corrected chi connectivity index (χ2v) is 7.17. The Kier molecular flexibility index (Phi) is 5.87. The number of rotatable bonds is 6. The summed E-state index contributed by atoms with van der Waals surface area (Å²) in [7, 11) is 4.01. The molecule has 4 nitrogen and oxygen atoms in total. The summed E-state index contributed by atoms with van der Waals surface area (Å²) in [6.07, 6.45) is 0.802. The fourth-order valence-corrected chi connectivity index (χ4v) is 3.06. The highest BCUT2D eigenvalue weighted by atomic mass is 16.5. The van der Waals surface area contributed by atoms with Crippen LogP contribution in [-0.2, 0) is 4.74 Å². The number of aromatic nitrogens is 1. The van der Waals surface area contributed by atoms with E-state index in [4.69, 9.17) is 4.74 Å². The zero-order valence-electron chi connectivity index (χ0n) is 16.5. The van der Waals surface area contributed by atoms with Gasteiger partial charge in [0.05, 0.1) is 12.3 Å². The third kappa shape index (κ3) is 4.52. The third-order valence-corrected chi connectivity index (χ3v) is 4.68. The van der Waals surface area contributed by atoms with Gasteiger partial charge in [-0.15, -0.1) is 0 Å². The second kappa shape index (κ2) is 8.31. The zero-order chi connectivity index (χ0) is 19.4. The van der Waals surface area contributed by atoms with Crippen LogP contribution in [0.25, 0.3) is 22.0 Å². The highest BCUT2D eigenvalue weighted by molar-refractivity contribution is 6.00. The molecule has 0 aliphatic carbocycles. The predicted molar refractivity (Wildman–Crippen MR) is 110 cm³/mol. The van der Waals surface area contributed by atoms with Crippen LogP contribution in [0.15, 0.2) is 48.5 Å². The van der Waals surface area contributed by atoms with Gasteiger partial charge in [0.15, 0.2) is 0 Å². The second-order valence-electron chi connectivity index (χ2n) is 7.17. The standard InChI is InChI=1S/C23H26N2O2/c1-16-13-19-15-21(23(26)27-12-8-11-25(3)4)24-22(20(19)14-17(16)2)18-9-6-5-7-10-18/h5-7,9-10,13-15H,8,11-12H2,1-4H3. The molecule has 0 aliphatic rings. The number of carbonyl (C=O) groups is 1. The maximum Gasteiger partial charge on any atom is 0.356 e. The van der Waals surface area contributed by atoms with Crippen molar-refractivity contribution >= 4 is 16.7 Å². The van der Waals surface area contributed by atoms with Crippen molar-refractivity contribution in [3.05, 3.63) is 65.4 Å². The molecular weight excluding hydrogens is 336 g/mol. The summed E-state index contributed by atoms with van der Waals surface area (Å²) in [4.78, 5) is 19.3. The van der Waals surface area contributed by atoms with Crippen LogP contribution in [0.2, 0.25) is 0 Å². The van der Waals surface area contributed by atoms with Gasteiger partial charge in [-0.1, -0.05) is 36.4 Å². The average Bonchev–Trinajstić information content (AvgIpc) is 2.66. The number of nitrogens with zero attached hydrogens (tertiary/aromatic N) is 2. The first kappa shape index (κ1) is 19.1. The Hall–Kier alpha value is -2.72. The summed E-state index contributed by atoms with van der Waals surface area (Å²) < 4.78 is 5.44. The van der Waals surface area contributed by atoms with Crippen LogP contribution in [0.5, 0.6) is 0 Å². The molecule has 0 radical (unpaired) electrons. The van der Waals surface area contributed by atoms with Gasteiger partial charge in [0.1, 0.15) is 5.69 Å². The Morgan fingerprint density at radius 3 is 2.44 bits per heavy atom. The lowest BCUT2D eigenvalue weighted by molar-refractivity contribution is 0.0487. The van der Waals surface area contributed by atoms with Gasteiger partial charge in [0.2, 0.25) is 0 Å². The molecule has 0 atom stereocenters. The van der Waals surface area contributed by atoms with Crippen LogP contribution in [0.4, 0.5) is 0 Å². The van der Waals surface area contributed by atoms with Crippen molar-refractivity contribution in [2.75, 3.05) is 27.2 Å². The molecule has 0 aliphatic heterocycles. The number of benzene rings is 2. The first-order chi connectivity index (χ1) is 13.0. The Labute approximate surface area is 160 Å². The minimum Gasteiger partial charge on any atom is -0.461 e. The van der Waals surface area contributed by atoms with Gasteiger partial charge in [-0.2, -0.15) is 0 Å². The van der Waals surface area contributed by atoms with E-state index < -0.39 is 0 Å². The van der Waals surface area contributed by atoms with E-state index >= 15 is 0 Å². The Morgan fingerprint density at radius 2 is 1.74 bits per heavy atom. The van der Waals surface area contributed by atoms with E-state index in [2.05, 4.69) is 35.9 Å². The first-order valence-electron chi connectivity index (χ1n) is 9.25. The smallest absolute Gasteiger partial charge is 0.356 e. The molecule has 0 saturated heterocycles. The predicted octanol–water partition coefficient (Wildman–Crippen LogP) is 4.63. The fraction of sp³-hybridized carbons (Fsp3) is 0.304. The highest BCUT2D eigenvalue weighted by Gasteiger charge is 2.15. The van der Waals surface area contributed by atoms with E-state index in [9.17, 15) is 4.79 Å². The molecule has 0 fully saturated rings. The van der Waals surface area contributed by atoms with Crippen LogP contribution >= 0.6 is 0 Å². The van der Waals surface area contributed by atoms with Crippen molar-refractivity contribution < 1.29 is 9.53 Å². The lowest BCUT2D eigenvalue weighted by Crippen LogP contribution is -2.16. The molecule has 0 unspecified atom stereocenters. The van der Waals surface area contributed by atoms with Gasteiger partial charge in [0, 0.05) is 17.5 Å². The van der Waals surface area contributed by atoms with Crippen molar-refractivity contribution in [2.24, 2.45) is 0 Å². The molecule has 0 bridgehead atoms. The molecule has 0 saturated carbocycles. The van der Waals surface area contributed by atoms with Crippen LogP contribution in [-0.4, -0.2) is 43.1 Å². The molecular formula is C23H26N2O2. The number of hydrogen-bond donors (Lipinski definition) is 0. The van der Waals surface area contributed by atoms with E-state index in [0.29, 0.717) is 12.3 Å². The quantitative estimate of drug-likeness (QED) is 0.474. The molecule has 4 heteroatoms. The monoisotopic (exact) mass is 362 g/mol. The van der Waals surface area contributed by atoms with Gasteiger partial charge in [-0.05, 0) is 63.0 Å². The van der Waals surface area contributed by atoms with Crippen LogP contribution in [0, 0.1) is 13.8 Å². The minimum absolute atomic E-state index is 0.356. The molecule has 0 amide bonds. The number of ether oxygens (including phenoxy) is 1. The van der Waals surface area contributed by atoms with E-state index in [-0.39, 0.29) is 5.97 Å². The SMILES string of the molecule is Cc1cc2cc(C(=O)OCCCN(C)C)nc(-c3ccccc3)c2cc1C. The lowest BCUT2D eigenvalue weighted by Gasteiger charge is -2.13. The van der Waals surface area contributed by atoms with E-state index in [1.54, 1.807) is 0 Å². The maximum absolute atomic E-state index is 12.6. The normalized spacial score (nSPS) is 11.1. The summed E-state index contributed by atoms with van der Waals surface area (Å²) >= 11 is 0. The average molecular weight is 362 g/mol. The van der Waals surface area contributed by atoms with Crippen molar-refractivity contribution in [3.63, 3.8) is 0 Å². The number of esters is 1. The molecule has 140 valence electrons. The summed E-state index contributed by atoms with van der Waals surface area (Å²) in [5, 5.41) is 2.06. The lowest BCUT2D eigenvalue weighted by atomic mass is 9.98. The van der Waals surface area contributed by atoms with Gasteiger partial charge in [-0.25, -0.2) is 9.78 Å². The van der Waals surface area contributed by atoms with Gasteiger partial charge in [0.25, 0.3) is 0 Å². The zero-order valence-corrected chi connectivity index (χ0v) is 16.5. The number of fused-ring (bicyclic) bond motifs is 1. The van der Waals surface area contributed by atoms with Crippen molar-refractivity contribution in [1.29, 1.82) is 0 Å². The molecule has 0 spiro atoms. The molecule has 1 heterocycles. The Bertz CT molecular complexity index is 949. The Morgan fingerprint density at radius 1 is 1.04 bits per heavy atom. The molecule has 0 N–H and O–H groups in total. The molecule has 3 rings (SSSR count). The van der Waals surface area contributed by atoms with E-state index in [1.165, 1.54) is 11.1 Å². The minimum atomic E-state index is -0.369. The summed E-state index contributed by atoms with van der Waals surface area (Å²) in [6.45, 7) is 5.45. The number of hydrogen-bond acceptors (Lipinski definition) is 4. The Balaban J connectivity index is 1.99. The largest absolute Gasteiger partial charge is 0.461 e. The maximum atomic E-state index is 12.6. The van der Waals surface area contributed by atoms with Crippen LogP contribution in [0.3, 0.4) is 0 Å². The van der Waals surface area contributed by atoms with Crippen LogP contribution < -0.4 is 0 Å². The topological polar surface area (TPSA) is 42.4 Å². The van der Waals surface area contributed by atoms with Crippen molar-refractivity contribution in [1.82, 2.24) is 9.88 Å². The van der Waals surface area contributed by atoms with E-state index in [1.807, 2.05) is 50.5 Å². The number of carbonyl (C=O) groups excluding carboxylic acids is 1. The van der Waals surface area contributed by atoms with Crippen molar-refractivity contribution in [3.8, 4) is 11.3 Å². The molecule has 1 aromatic heterocycles. The number of aryl methyl sites for hydroxylation is 2. The van der Waals surface area contributed by atoms with Crippen LogP contribution in [0.1, 0.15) is 28.0 Å². The van der Waals surface area contributed by atoms with E-state index in [0.717, 1.165) is 35.0 Å². The molecule has 2 aromatic carbocycles. The molecule has 27 heavy (non-hydrogen) atoms. The van der Waals surface area contributed by atoms with Gasteiger partial charge < -0.3 is 9.64 Å². The highest BCUT2D eigenvalue weighted by Crippen LogP contribution is 2.30. The number of pyridine rings is 1.